The number of carbonyl (C=O) groups is 1. The zero-order valence-electron chi connectivity index (χ0n) is 10.6. The van der Waals surface area contributed by atoms with E-state index < -0.39 is 5.60 Å². The number of piperidine rings is 1. The average molecular weight is 228 g/mol. The first-order chi connectivity index (χ1) is 7.44. The van der Waals surface area contributed by atoms with Crippen molar-refractivity contribution < 1.29 is 9.90 Å². The number of nitrogens with zero attached hydrogens (tertiary/aromatic N) is 1. The Labute approximate surface area is 98.0 Å². The van der Waals surface area contributed by atoms with E-state index in [1.54, 1.807) is 11.8 Å². The Balaban J connectivity index is 2.36. The fourth-order valence-corrected chi connectivity index (χ4v) is 1.95. The molecule has 1 aliphatic rings. The van der Waals surface area contributed by atoms with E-state index in [9.17, 15) is 9.90 Å². The molecule has 16 heavy (non-hydrogen) atoms. The highest BCUT2D eigenvalue weighted by atomic mass is 16.3. The van der Waals surface area contributed by atoms with Crippen LogP contribution in [0.3, 0.4) is 0 Å². The number of aliphatic hydroxyl groups is 1. The van der Waals surface area contributed by atoms with E-state index >= 15 is 0 Å². The summed E-state index contributed by atoms with van der Waals surface area (Å²) in [5.41, 5.74) is -0.704. The number of likely N-dealkylation sites (tertiary alicyclic amines) is 1. The van der Waals surface area contributed by atoms with Crippen molar-refractivity contribution in [3.05, 3.63) is 0 Å². The molecule has 0 aliphatic carbocycles. The molecule has 0 saturated carbocycles. The van der Waals surface area contributed by atoms with Crippen molar-refractivity contribution in [3.63, 3.8) is 0 Å². The molecule has 2 N–H and O–H groups in total. The first kappa shape index (κ1) is 13.5. The molecule has 0 radical (unpaired) electrons. The first-order valence-corrected chi connectivity index (χ1v) is 6.18. The van der Waals surface area contributed by atoms with Crippen LogP contribution in [0.2, 0.25) is 0 Å². The van der Waals surface area contributed by atoms with Crippen molar-refractivity contribution in [2.45, 2.75) is 51.7 Å². The average Bonchev–Trinajstić information content (AvgIpc) is 2.23. The minimum absolute atomic E-state index is 0.0975. The zero-order valence-corrected chi connectivity index (χ0v) is 10.6. The summed E-state index contributed by atoms with van der Waals surface area (Å²) in [6.07, 6.45) is 2.70. The molecule has 4 nitrogen and oxygen atoms in total. The highest BCUT2D eigenvalue weighted by Crippen LogP contribution is 2.19. The molecule has 94 valence electrons. The Kier molecular flexibility index (Phi) is 4.74. The van der Waals surface area contributed by atoms with Gasteiger partial charge in [-0.15, -0.1) is 0 Å². The van der Waals surface area contributed by atoms with Gasteiger partial charge in [-0.25, -0.2) is 0 Å². The number of hydrogen-bond donors (Lipinski definition) is 2. The molecule has 0 spiro atoms. The van der Waals surface area contributed by atoms with Crippen LogP contribution in [0.1, 0.15) is 40.0 Å². The van der Waals surface area contributed by atoms with E-state index in [1.165, 1.54) is 0 Å². The molecule has 0 bridgehead atoms. The van der Waals surface area contributed by atoms with Crippen molar-refractivity contribution in [2.75, 3.05) is 19.6 Å². The van der Waals surface area contributed by atoms with Crippen LogP contribution in [0.15, 0.2) is 0 Å². The number of rotatable bonds is 4. The maximum Gasteiger partial charge on any atom is 0.236 e. The van der Waals surface area contributed by atoms with Gasteiger partial charge in [-0.05, 0) is 33.1 Å². The smallest absolute Gasteiger partial charge is 0.236 e. The van der Waals surface area contributed by atoms with E-state index in [4.69, 9.17) is 0 Å². The Morgan fingerprint density at radius 2 is 2.31 bits per heavy atom. The third kappa shape index (κ3) is 4.10. The van der Waals surface area contributed by atoms with E-state index in [2.05, 4.69) is 19.2 Å². The minimum Gasteiger partial charge on any atom is -0.388 e. The van der Waals surface area contributed by atoms with Gasteiger partial charge >= 0.3 is 0 Å². The Hall–Kier alpha value is -0.610. The van der Waals surface area contributed by atoms with Crippen LogP contribution in [0, 0.1) is 0 Å². The monoisotopic (exact) mass is 228 g/mol. The van der Waals surface area contributed by atoms with Gasteiger partial charge in [0.2, 0.25) is 5.91 Å². The van der Waals surface area contributed by atoms with Gasteiger partial charge in [-0.2, -0.15) is 0 Å². The summed E-state index contributed by atoms with van der Waals surface area (Å²) >= 11 is 0. The lowest BCUT2D eigenvalue weighted by Crippen LogP contribution is -2.51. The quantitative estimate of drug-likeness (QED) is 0.746. The van der Waals surface area contributed by atoms with Crippen molar-refractivity contribution >= 4 is 5.91 Å². The van der Waals surface area contributed by atoms with E-state index in [-0.39, 0.29) is 5.91 Å². The molecule has 4 heteroatoms. The van der Waals surface area contributed by atoms with E-state index in [0.29, 0.717) is 19.1 Å². The zero-order chi connectivity index (χ0) is 12.2. The van der Waals surface area contributed by atoms with E-state index in [0.717, 1.165) is 25.8 Å². The molecule has 0 aromatic rings. The molecule has 1 aliphatic heterocycles. The number of carbonyl (C=O) groups excluding carboxylic acids is 1. The largest absolute Gasteiger partial charge is 0.388 e. The summed E-state index contributed by atoms with van der Waals surface area (Å²) in [4.78, 5) is 13.6. The fourth-order valence-electron chi connectivity index (χ4n) is 1.95. The summed E-state index contributed by atoms with van der Waals surface area (Å²) in [6.45, 7) is 7.58. The van der Waals surface area contributed by atoms with Crippen LogP contribution in [-0.2, 0) is 4.79 Å². The second kappa shape index (κ2) is 5.64. The summed E-state index contributed by atoms with van der Waals surface area (Å²) in [5.74, 6) is 0.0975. The molecule has 0 aromatic heterocycles. The van der Waals surface area contributed by atoms with Crippen molar-refractivity contribution in [2.24, 2.45) is 0 Å². The maximum atomic E-state index is 11.9. The molecule has 1 heterocycles. The highest BCUT2D eigenvalue weighted by molar-refractivity contribution is 5.78. The minimum atomic E-state index is -0.704. The number of hydrogen-bond acceptors (Lipinski definition) is 3. The summed E-state index contributed by atoms with van der Waals surface area (Å²) < 4.78 is 0. The second-order valence-electron chi connectivity index (χ2n) is 5.11. The lowest BCUT2D eigenvalue weighted by molar-refractivity contribution is -0.136. The number of β-amino-alcohol motifs (C(OH)–C–C–N with tert-alkyl or cyclic N) is 1. The predicted molar refractivity (Wildman–Crippen MR) is 64.2 cm³/mol. The van der Waals surface area contributed by atoms with Gasteiger partial charge in [-0.1, -0.05) is 6.92 Å². The summed E-state index contributed by atoms with van der Waals surface area (Å²) in [5, 5.41) is 13.1. The number of amides is 1. The van der Waals surface area contributed by atoms with Gasteiger partial charge in [0.05, 0.1) is 12.1 Å². The van der Waals surface area contributed by atoms with Crippen LogP contribution in [0.4, 0.5) is 0 Å². The Morgan fingerprint density at radius 1 is 1.62 bits per heavy atom. The van der Waals surface area contributed by atoms with Crippen molar-refractivity contribution in [3.8, 4) is 0 Å². The molecule has 1 saturated heterocycles. The third-order valence-corrected chi connectivity index (χ3v) is 3.24. The SMILES string of the molecule is CCC(C)NCC(=O)N1CCCC(C)(O)C1. The molecule has 0 aromatic carbocycles. The van der Waals surface area contributed by atoms with Gasteiger partial charge in [0.1, 0.15) is 0 Å². The molecule has 2 unspecified atom stereocenters. The van der Waals surface area contributed by atoms with Crippen LogP contribution in [-0.4, -0.2) is 47.2 Å². The fraction of sp³-hybridized carbons (Fsp3) is 0.917. The van der Waals surface area contributed by atoms with Crippen LogP contribution in [0.25, 0.3) is 0 Å². The van der Waals surface area contributed by atoms with Gasteiger partial charge in [0.15, 0.2) is 0 Å². The standard InChI is InChI=1S/C12H24N2O2/c1-4-10(2)13-8-11(15)14-7-5-6-12(3,16)9-14/h10,13,16H,4-9H2,1-3H3. The molecular formula is C12H24N2O2. The first-order valence-electron chi connectivity index (χ1n) is 6.18. The van der Waals surface area contributed by atoms with Crippen molar-refractivity contribution in [1.82, 2.24) is 10.2 Å². The molecule has 1 amide bonds. The molecule has 1 fully saturated rings. The van der Waals surface area contributed by atoms with Gasteiger partial charge in [0, 0.05) is 19.1 Å². The second-order valence-corrected chi connectivity index (χ2v) is 5.11. The van der Waals surface area contributed by atoms with Gasteiger partial charge < -0.3 is 15.3 Å². The van der Waals surface area contributed by atoms with Crippen LogP contribution in [0.5, 0.6) is 0 Å². The maximum absolute atomic E-state index is 11.9. The lowest BCUT2D eigenvalue weighted by atomic mass is 9.95. The molecule has 2 atom stereocenters. The van der Waals surface area contributed by atoms with Crippen LogP contribution < -0.4 is 5.32 Å². The topological polar surface area (TPSA) is 52.6 Å². The molecular weight excluding hydrogens is 204 g/mol. The summed E-state index contributed by atoms with van der Waals surface area (Å²) in [6, 6.07) is 0.370. The highest BCUT2D eigenvalue weighted by Gasteiger charge is 2.30. The van der Waals surface area contributed by atoms with Crippen molar-refractivity contribution in [1.29, 1.82) is 0 Å². The van der Waals surface area contributed by atoms with Crippen LogP contribution >= 0.6 is 0 Å². The predicted octanol–water partition coefficient (Wildman–Crippen LogP) is 0.748. The Bertz CT molecular complexity index is 241. The van der Waals surface area contributed by atoms with Gasteiger partial charge in [0.25, 0.3) is 0 Å². The lowest BCUT2D eigenvalue weighted by Gasteiger charge is -2.37. The number of nitrogens with one attached hydrogen (secondary N) is 1. The Morgan fingerprint density at radius 3 is 2.88 bits per heavy atom. The van der Waals surface area contributed by atoms with E-state index in [1.807, 2.05) is 0 Å². The third-order valence-electron chi connectivity index (χ3n) is 3.24. The molecule has 1 rings (SSSR count). The summed E-state index contributed by atoms with van der Waals surface area (Å²) in [7, 11) is 0. The normalized spacial score (nSPS) is 27.9. The van der Waals surface area contributed by atoms with Gasteiger partial charge in [-0.3, -0.25) is 4.79 Å².